The lowest BCUT2D eigenvalue weighted by Crippen LogP contribution is -1.88. The zero-order valence-electron chi connectivity index (χ0n) is 13.5. The largest absolute Gasteiger partial charge is 0.497 e. The van der Waals surface area contributed by atoms with Crippen LogP contribution in [-0.4, -0.2) is 34.6 Å². The highest BCUT2D eigenvalue weighted by molar-refractivity contribution is 7.98. The van der Waals surface area contributed by atoms with Crippen LogP contribution in [0.3, 0.4) is 0 Å². The van der Waals surface area contributed by atoms with Gasteiger partial charge in [0.15, 0.2) is 0 Å². The molecule has 24 heavy (non-hydrogen) atoms. The van der Waals surface area contributed by atoms with Crippen molar-refractivity contribution in [2.24, 2.45) is 0 Å². The second kappa shape index (κ2) is 7.35. The summed E-state index contributed by atoms with van der Waals surface area (Å²) in [4.78, 5) is 0. The number of aromatic nitrogens is 4. The first-order chi connectivity index (χ1) is 11.7. The van der Waals surface area contributed by atoms with Gasteiger partial charge in [-0.2, -0.15) is 0 Å². The lowest BCUT2D eigenvalue weighted by Gasteiger charge is -2.05. The Labute approximate surface area is 142 Å². The van der Waals surface area contributed by atoms with Gasteiger partial charge in [-0.3, -0.25) is 0 Å². The minimum absolute atomic E-state index is 0.384. The molecule has 0 unspecified atom stereocenters. The standard InChI is InChI=1S/C15H16N4O4S/c1-4-12-16-17-13(22-12)8-24-15-19-18-14(23-15)9-5-10(20-2)7-11(6-9)21-3/h5-7H,4,8H2,1-3H3. The number of methoxy groups -OCH3 is 2. The van der Waals surface area contributed by atoms with Gasteiger partial charge in [-0.05, 0) is 12.1 Å². The van der Waals surface area contributed by atoms with Gasteiger partial charge in [0.05, 0.1) is 20.0 Å². The van der Waals surface area contributed by atoms with Gasteiger partial charge in [0, 0.05) is 18.1 Å². The van der Waals surface area contributed by atoms with Gasteiger partial charge < -0.3 is 18.3 Å². The minimum atomic E-state index is 0.384. The Morgan fingerprint density at radius 2 is 1.62 bits per heavy atom. The second-order valence-corrected chi connectivity index (χ2v) is 5.63. The molecule has 0 radical (unpaired) electrons. The van der Waals surface area contributed by atoms with Crippen molar-refractivity contribution < 1.29 is 18.3 Å². The highest BCUT2D eigenvalue weighted by atomic mass is 32.2. The fourth-order valence-electron chi connectivity index (χ4n) is 1.93. The molecule has 0 bridgehead atoms. The molecule has 2 heterocycles. The number of hydrogen-bond donors (Lipinski definition) is 0. The van der Waals surface area contributed by atoms with Crippen molar-refractivity contribution in [2.45, 2.75) is 24.3 Å². The van der Waals surface area contributed by atoms with Crippen molar-refractivity contribution in [1.82, 2.24) is 20.4 Å². The lowest BCUT2D eigenvalue weighted by atomic mass is 10.2. The number of nitrogens with zero attached hydrogens (tertiary/aromatic N) is 4. The van der Waals surface area contributed by atoms with E-state index in [-0.39, 0.29) is 0 Å². The maximum atomic E-state index is 5.66. The highest BCUT2D eigenvalue weighted by Gasteiger charge is 2.13. The third-order valence-electron chi connectivity index (χ3n) is 3.14. The first-order valence-electron chi connectivity index (χ1n) is 7.22. The summed E-state index contributed by atoms with van der Waals surface area (Å²) >= 11 is 1.33. The van der Waals surface area contributed by atoms with E-state index in [1.165, 1.54) is 11.8 Å². The monoisotopic (exact) mass is 348 g/mol. The van der Waals surface area contributed by atoms with Gasteiger partial charge in [-0.1, -0.05) is 18.7 Å². The van der Waals surface area contributed by atoms with Crippen LogP contribution in [0, 0.1) is 0 Å². The maximum Gasteiger partial charge on any atom is 0.277 e. The lowest BCUT2D eigenvalue weighted by molar-refractivity contribution is 0.394. The van der Waals surface area contributed by atoms with E-state index >= 15 is 0 Å². The molecule has 0 saturated carbocycles. The second-order valence-electron chi connectivity index (χ2n) is 4.71. The molecule has 0 aliphatic carbocycles. The summed E-state index contributed by atoms with van der Waals surface area (Å²) < 4.78 is 21.6. The van der Waals surface area contributed by atoms with E-state index in [2.05, 4.69) is 20.4 Å². The Morgan fingerprint density at radius 1 is 0.917 bits per heavy atom. The van der Waals surface area contributed by atoms with Crippen molar-refractivity contribution in [2.75, 3.05) is 14.2 Å². The average Bonchev–Trinajstić information content (AvgIpc) is 3.28. The Balaban J connectivity index is 1.73. The van der Waals surface area contributed by atoms with Crippen LogP contribution in [0.1, 0.15) is 18.7 Å². The maximum absolute atomic E-state index is 5.66. The van der Waals surface area contributed by atoms with E-state index in [9.17, 15) is 0 Å². The van der Waals surface area contributed by atoms with Crippen LogP contribution in [0.4, 0.5) is 0 Å². The zero-order valence-corrected chi connectivity index (χ0v) is 14.3. The predicted molar refractivity (Wildman–Crippen MR) is 86.1 cm³/mol. The number of rotatable bonds is 7. The molecule has 0 saturated heterocycles. The molecule has 1 aromatic carbocycles. The van der Waals surface area contributed by atoms with Crippen molar-refractivity contribution >= 4 is 11.8 Å². The minimum Gasteiger partial charge on any atom is -0.497 e. The molecule has 0 spiro atoms. The molecule has 0 atom stereocenters. The van der Waals surface area contributed by atoms with E-state index in [0.717, 1.165) is 5.56 Å². The van der Waals surface area contributed by atoms with Gasteiger partial charge in [-0.25, -0.2) is 0 Å². The molecule has 3 rings (SSSR count). The van der Waals surface area contributed by atoms with E-state index < -0.39 is 0 Å². The molecule has 3 aromatic rings. The average molecular weight is 348 g/mol. The van der Waals surface area contributed by atoms with Crippen molar-refractivity contribution in [3.8, 4) is 23.0 Å². The van der Waals surface area contributed by atoms with Crippen LogP contribution in [0.15, 0.2) is 32.3 Å². The summed E-state index contributed by atoms with van der Waals surface area (Å²) in [7, 11) is 3.17. The van der Waals surface area contributed by atoms with Crippen molar-refractivity contribution in [3.63, 3.8) is 0 Å². The molecule has 8 nitrogen and oxygen atoms in total. The van der Waals surface area contributed by atoms with Gasteiger partial charge in [-0.15, -0.1) is 20.4 Å². The smallest absolute Gasteiger partial charge is 0.277 e. The van der Waals surface area contributed by atoms with Crippen LogP contribution in [0.2, 0.25) is 0 Å². The Kier molecular flexibility index (Phi) is 4.99. The molecule has 0 fully saturated rings. The number of benzene rings is 1. The van der Waals surface area contributed by atoms with E-state index in [4.69, 9.17) is 18.3 Å². The first kappa shape index (κ1) is 16.3. The quantitative estimate of drug-likeness (QED) is 0.597. The SMILES string of the molecule is CCc1nnc(CSc2nnc(-c3cc(OC)cc(OC)c3)o2)o1. The van der Waals surface area contributed by atoms with Crippen LogP contribution in [0.5, 0.6) is 11.5 Å². The van der Waals surface area contributed by atoms with E-state index in [0.29, 0.717) is 46.6 Å². The fraction of sp³-hybridized carbons (Fsp3) is 0.333. The van der Waals surface area contributed by atoms with Crippen molar-refractivity contribution in [3.05, 3.63) is 30.0 Å². The third kappa shape index (κ3) is 3.67. The van der Waals surface area contributed by atoms with E-state index in [1.807, 2.05) is 6.92 Å². The number of hydrogen-bond acceptors (Lipinski definition) is 9. The van der Waals surface area contributed by atoms with Gasteiger partial charge in [0.25, 0.3) is 5.22 Å². The molecule has 2 aromatic heterocycles. The highest BCUT2D eigenvalue weighted by Crippen LogP contribution is 2.31. The summed E-state index contributed by atoms with van der Waals surface area (Å²) in [5, 5.41) is 16.4. The summed E-state index contributed by atoms with van der Waals surface area (Å²) in [6.45, 7) is 1.96. The van der Waals surface area contributed by atoms with Gasteiger partial charge >= 0.3 is 0 Å². The van der Waals surface area contributed by atoms with Gasteiger partial charge in [0.2, 0.25) is 17.7 Å². The molecular weight excluding hydrogens is 332 g/mol. The third-order valence-corrected chi connectivity index (χ3v) is 3.94. The zero-order chi connectivity index (χ0) is 16.9. The Hall–Kier alpha value is -2.55. The predicted octanol–water partition coefficient (Wildman–Crippen LogP) is 2.99. The molecule has 0 aliphatic heterocycles. The van der Waals surface area contributed by atoms with Gasteiger partial charge in [0.1, 0.15) is 11.5 Å². The van der Waals surface area contributed by atoms with Crippen LogP contribution in [0.25, 0.3) is 11.5 Å². The van der Waals surface area contributed by atoms with Crippen molar-refractivity contribution in [1.29, 1.82) is 0 Å². The number of thioether (sulfide) groups is 1. The molecule has 9 heteroatoms. The first-order valence-corrected chi connectivity index (χ1v) is 8.21. The molecule has 0 N–H and O–H groups in total. The number of ether oxygens (including phenoxy) is 2. The summed E-state index contributed by atoms with van der Waals surface area (Å²) in [5.74, 6) is 3.29. The number of aryl methyl sites for hydroxylation is 1. The summed E-state index contributed by atoms with van der Waals surface area (Å²) in [5.41, 5.74) is 0.719. The summed E-state index contributed by atoms with van der Waals surface area (Å²) in [6.07, 6.45) is 0.708. The van der Waals surface area contributed by atoms with Crippen LogP contribution in [-0.2, 0) is 12.2 Å². The molecule has 0 amide bonds. The molecule has 0 aliphatic rings. The topological polar surface area (TPSA) is 96.3 Å². The van der Waals surface area contributed by atoms with Crippen LogP contribution < -0.4 is 9.47 Å². The normalized spacial score (nSPS) is 10.8. The fourth-order valence-corrected chi connectivity index (χ4v) is 2.53. The summed E-state index contributed by atoms with van der Waals surface area (Å²) in [6, 6.07) is 5.38. The van der Waals surface area contributed by atoms with Crippen LogP contribution >= 0.6 is 11.8 Å². The Morgan fingerprint density at radius 3 is 2.25 bits per heavy atom. The van der Waals surface area contributed by atoms with E-state index in [1.54, 1.807) is 32.4 Å². The Bertz CT molecular complexity index is 795. The molecular formula is C15H16N4O4S. The molecule has 126 valence electrons.